The Hall–Kier alpha value is -2.62. The summed E-state index contributed by atoms with van der Waals surface area (Å²) >= 11 is 0. The highest BCUT2D eigenvalue weighted by molar-refractivity contribution is 6.06. The molecule has 27 heavy (non-hydrogen) atoms. The molecule has 140 valence electrons. The molecule has 0 spiro atoms. The lowest BCUT2D eigenvalue weighted by Crippen LogP contribution is -2.51. The Morgan fingerprint density at radius 1 is 1.11 bits per heavy atom. The third kappa shape index (κ3) is 3.25. The number of rotatable bonds is 2. The van der Waals surface area contributed by atoms with Crippen molar-refractivity contribution in [3.63, 3.8) is 0 Å². The van der Waals surface area contributed by atoms with Crippen LogP contribution in [0.2, 0.25) is 0 Å². The minimum Gasteiger partial charge on any atom is -0.308 e. The Morgan fingerprint density at radius 3 is 2.59 bits per heavy atom. The van der Waals surface area contributed by atoms with E-state index in [0.717, 1.165) is 36.2 Å². The summed E-state index contributed by atoms with van der Waals surface area (Å²) in [5, 5.41) is 0. The third-order valence-corrected chi connectivity index (χ3v) is 5.65. The molecule has 0 N–H and O–H groups in total. The van der Waals surface area contributed by atoms with Gasteiger partial charge in [0.15, 0.2) is 0 Å². The van der Waals surface area contributed by atoms with E-state index >= 15 is 0 Å². The second-order valence-corrected chi connectivity index (χ2v) is 7.85. The van der Waals surface area contributed by atoms with E-state index in [0.29, 0.717) is 6.54 Å². The summed E-state index contributed by atoms with van der Waals surface area (Å²) < 4.78 is 0. The van der Waals surface area contributed by atoms with Crippen molar-refractivity contribution in [2.75, 3.05) is 16.3 Å². The van der Waals surface area contributed by atoms with Crippen LogP contribution >= 0.6 is 0 Å². The third-order valence-electron chi connectivity index (χ3n) is 5.65. The molecule has 3 aliphatic rings. The van der Waals surface area contributed by atoms with Gasteiger partial charge in [0, 0.05) is 19.4 Å². The standard InChI is InChI=1S/C23H26N2O2/c1-15-7-5-4-6-8-20(15)19-11-12-21-22(13-19)24(23(27)18-9-10-18)14-16(2)25(21)17(3)26/h4-6,8,11-13,16,18H,7,9-10,14H2,1-3H3. The topological polar surface area (TPSA) is 40.6 Å². The molecule has 1 saturated carbocycles. The van der Waals surface area contributed by atoms with E-state index in [2.05, 4.69) is 43.4 Å². The molecular weight excluding hydrogens is 336 g/mol. The quantitative estimate of drug-likeness (QED) is 0.778. The molecule has 1 aliphatic heterocycles. The first kappa shape index (κ1) is 17.8. The summed E-state index contributed by atoms with van der Waals surface area (Å²) in [6.45, 7) is 6.31. The number of carbonyl (C=O) groups excluding carboxylic acids is 2. The number of fused-ring (bicyclic) bond motifs is 1. The summed E-state index contributed by atoms with van der Waals surface area (Å²) in [5.41, 5.74) is 5.29. The van der Waals surface area contributed by atoms with Gasteiger partial charge < -0.3 is 9.80 Å². The van der Waals surface area contributed by atoms with Crippen molar-refractivity contribution in [2.45, 2.75) is 46.1 Å². The number of anilines is 2. The summed E-state index contributed by atoms with van der Waals surface area (Å²) in [5.74, 6) is 0.372. The monoisotopic (exact) mass is 362 g/mol. The average molecular weight is 362 g/mol. The zero-order valence-electron chi connectivity index (χ0n) is 16.2. The fourth-order valence-electron chi connectivity index (χ4n) is 4.10. The molecule has 1 heterocycles. The van der Waals surface area contributed by atoms with Crippen LogP contribution in [0.25, 0.3) is 5.57 Å². The summed E-state index contributed by atoms with van der Waals surface area (Å²) in [6, 6.07) is 6.14. The predicted molar refractivity (Wildman–Crippen MR) is 110 cm³/mol. The number of nitrogens with zero attached hydrogens (tertiary/aromatic N) is 2. The molecule has 0 radical (unpaired) electrons. The van der Waals surface area contributed by atoms with E-state index in [1.165, 1.54) is 11.1 Å². The number of hydrogen-bond acceptors (Lipinski definition) is 2. The summed E-state index contributed by atoms with van der Waals surface area (Å²) in [6.07, 6.45) is 11.3. The Morgan fingerprint density at radius 2 is 1.89 bits per heavy atom. The first-order chi connectivity index (χ1) is 13.0. The molecule has 0 bridgehead atoms. The highest BCUT2D eigenvalue weighted by atomic mass is 16.2. The van der Waals surface area contributed by atoms with Crippen LogP contribution in [-0.2, 0) is 9.59 Å². The minimum atomic E-state index is -0.0218. The lowest BCUT2D eigenvalue weighted by Gasteiger charge is -2.41. The van der Waals surface area contributed by atoms with Gasteiger partial charge in [0.25, 0.3) is 0 Å². The van der Waals surface area contributed by atoms with Gasteiger partial charge in [-0.2, -0.15) is 0 Å². The van der Waals surface area contributed by atoms with Crippen molar-refractivity contribution in [3.8, 4) is 0 Å². The molecule has 1 atom stereocenters. The van der Waals surface area contributed by atoms with Gasteiger partial charge >= 0.3 is 0 Å². The number of hydrogen-bond donors (Lipinski definition) is 0. The molecule has 4 heteroatoms. The molecule has 0 saturated heterocycles. The maximum absolute atomic E-state index is 12.9. The Kier molecular flexibility index (Phi) is 4.50. The maximum atomic E-state index is 12.9. The Balaban J connectivity index is 1.82. The largest absolute Gasteiger partial charge is 0.308 e. The van der Waals surface area contributed by atoms with Crippen LogP contribution in [0.4, 0.5) is 11.4 Å². The smallest absolute Gasteiger partial charge is 0.230 e. The van der Waals surface area contributed by atoms with Crippen molar-refractivity contribution < 1.29 is 9.59 Å². The highest BCUT2D eigenvalue weighted by Gasteiger charge is 2.39. The Bertz CT molecular complexity index is 890. The number of carbonyl (C=O) groups is 2. The van der Waals surface area contributed by atoms with Crippen molar-refractivity contribution in [1.82, 2.24) is 0 Å². The minimum absolute atomic E-state index is 0.0176. The number of amides is 2. The number of benzene rings is 1. The van der Waals surface area contributed by atoms with Crippen LogP contribution in [0.3, 0.4) is 0 Å². The normalized spacial score (nSPS) is 22.0. The van der Waals surface area contributed by atoms with Gasteiger partial charge in [-0.1, -0.05) is 35.9 Å². The van der Waals surface area contributed by atoms with Gasteiger partial charge in [0.1, 0.15) is 0 Å². The molecule has 1 aromatic carbocycles. The fourth-order valence-corrected chi connectivity index (χ4v) is 4.10. The lowest BCUT2D eigenvalue weighted by atomic mass is 9.96. The molecule has 1 unspecified atom stereocenters. The molecule has 1 aromatic rings. The lowest BCUT2D eigenvalue weighted by molar-refractivity contribution is -0.120. The molecule has 0 aromatic heterocycles. The van der Waals surface area contributed by atoms with Crippen LogP contribution in [0.15, 0.2) is 48.1 Å². The van der Waals surface area contributed by atoms with Gasteiger partial charge in [-0.3, -0.25) is 9.59 Å². The Labute approximate surface area is 160 Å². The van der Waals surface area contributed by atoms with Gasteiger partial charge in [0.05, 0.1) is 17.4 Å². The van der Waals surface area contributed by atoms with E-state index < -0.39 is 0 Å². The van der Waals surface area contributed by atoms with Gasteiger partial charge in [-0.25, -0.2) is 0 Å². The number of allylic oxidation sites excluding steroid dienone is 6. The molecular formula is C23H26N2O2. The van der Waals surface area contributed by atoms with E-state index in [1.807, 2.05) is 22.8 Å². The highest BCUT2D eigenvalue weighted by Crippen LogP contribution is 2.42. The van der Waals surface area contributed by atoms with Gasteiger partial charge in [-0.15, -0.1) is 0 Å². The van der Waals surface area contributed by atoms with Crippen molar-refractivity contribution >= 4 is 28.8 Å². The first-order valence-corrected chi connectivity index (χ1v) is 9.76. The van der Waals surface area contributed by atoms with Crippen LogP contribution in [-0.4, -0.2) is 24.4 Å². The van der Waals surface area contributed by atoms with Crippen LogP contribution < -0.4 is 9.80 Å². The molecule has 2 amide bonds. The van der Waals surface area contributed by atoms with Crippen LogP contribution in [0, 0.1) is 5.92 Å². The molecule has 2 aliphatic carbocycles. The second kappa shape index (κ2) is 6.84. The van der Waals surface area contributed by atoms with E-state index in [9.17, 15) is 9.59 Å². The molecule has 1 fully saturated rings. The maximum Gasteiger partial charge on any atom is 0.230 e. The van der Waals surface area contributed by atoms with E-state index in [-0.39, 0.29) is 23.8 Å². The average Bonchev–Trinajstić information content (AvgIpc) is 3.48. The first-order valence-electron chi connectivity index (χ1n) is 9.76. The zero-order valence-corrected chi connectivity index (χ0v) is 16.2. The van der Waals surface area contributed by atoms with Gasteiger partial charge in [-0.05, 0) is 56.4 Å². The predicted octanol–water partition coefficient (Wildman–Crippen LogP) is 4.47. The van der Waals surface area contributed by atoms with Crippen molar-refractivity contribution in [2.24, 2.45) is 5.92 Å². The SMILES string of the molecule is CC(=O)N1c2ccc(C3=C(C)CC=CC=C3)cc2N(C(=O)C2CC2)CC1C. The van der Waals surface area contributed by atoms with E-state index in [4.69, 9.17) is 0 Å². The summed E-state index contributed by atoms with van der Waals surface area (Å²) in [4.78, 5) is 28.9. The zero-order chi connectivity index (χ0) is 19.1. The van der Waals surface area contributed by atoms with Gasteiger partial charge in [0.2, 0.25) is 11.8 Å². The van der Waals surface area contributed by atoms with Crippen molar-refractivity contribution in [1.29, 1.82) is 0 Å². The van der Waals surface area contributed by atoms with Crippen LogP contribution in [0.5, 0.6) is 0 Å². The molecule has 4 nitrogen and oxygen atoms in total. The summed E-state index contributed by atoms with van der Waals surface area (Å²) in [7, 11) is 0. The van der Waals surface area contributed by atoms with Crippen molar-refractivity contribution in [3.05, 3.63) is 53.6 Å². The second-order valence-electron chi connectivity index (χ2n) is 7.85. The van der Waals surface area contributed by atoms with Crippen LogP contribution in [0.1, 0.15) is 45.6 Å². The fraction of sp³-hybridized carbons (Fsp3) is 0.391. The molecule has 4 rings (SSSR count). The van der Waals surface area contributed by atoms with E-state index in [1.54, 1.807) is 6.92 Å².